The number of aromatic nitrogens is 2. The van der Waals surface area contributed by atoms with Gasteiger partial charge in [-0.3, -0.25) is 9.20 Å². The maximum absolute atomic E-state index is 11.4. The van der Waals surface area contributed by atoms with E-state index in [-0.39, 0.29) is 11.2 Å². The van der Waals surface area contributed by atoms with Crippen molar-refractivity contribution in [3.8, 4) is 0 Å². The Kier molecular flexibility index (Phi) is 1.41. The molecule has 0 aliphatic rings. The molecular formula is C7H7N3OS. The normalized spacial score (nSPS) is 10.8. The fraction of sp³-hybridized carbons (Fsp3) is 0.143. The van der Waals surface area contributed by atoms with Crippen molar-refractivity contribution in [2.75, 3.05) is 5.73 Å². The molecule has 0 aliphatic carbocycles. The van der Waals surface area contributed by atoms with Gasteiger partial charge in [-0.25, -0.2) is 4.98 Å². The van der Waals surface area contributed by atoms with Gasteiger partial charge in [0.15, 0.2) is 4.96 Å². The van der Waals surface area contributed by atoms with E-state index in [0.29, 0.717) is 10.7 Å². The minimum atomic E-state index is -0.182. The molecule has 0 saturated heterocycles. The molecule has 0 spiro atoms. The average molecular weight is 181 g/mol. The van der Waals surface area contributed by atoms with Crippen molar-refractivity contribution in [3.63, 3.8) is 0 Å². The maximum Gasteiger partial charge on any atom is 0.281 e. The highest BCUT2D eigenvalue weighted by Crippen LogP contribution is 2.09. The van der Waals surface area contributed by atoms with Crippen molar-refractivity contribution in [1.82, 2.24) is 9.38 Å². The van der Waals surface area contributed by atoms with E-state index in [1.165, 1.54) is 15.7 Å². The molecule has 12 heavy (non-hydrogen) atoms. The lowest BCUT2D eigenvalue weighted by atomic mass is 10.4. The van der Waals surface area contributed by atoms with E-state index in [1.807, 2.05) is 5.38 Å². The van der Waals surface area contributed by atoms with E-state index in [2.05, 4.69) is 4.98 Å². The minimum absolute atomic E-state index is 0.182. The van der Waals surface area contributed by atoms with Gasteiger partial charge in [0.05, 0.1) is 5.69 Å². The third-order valence-electron chi connectivity index (χ3n) is 1.69. The Morgan fingerprint density at radius 1 is 1.67 bits per heavy atom. The highest BCUT2D eigenvalue weighted by molar-refractivity contribution is 7.15. The molecule has 0 fully saturated rings. The van der Waals surface area contributed by atoms with Crippen LogP contribution in [0.2, 0.25) is 0 Å². The van der Waals surface area contributed by atoms with Gasteiger partial charge in [0.2, 0.25) is 0 Å². The van der Waals surface area contributed by atoms with Gasteiger partial charge in [-0.1, -0.05) is 0 Å². The van der Waals surface area contributed by atoms with Crippen molar-refractivity contribution in [3.05, 3.63) is 27.6 Å². The summed E-state index contributed by atoms with van der Waals surface area (Å²) in [5.74, 6) is 0. The lowest BCUT2D eigenvalue weighted by Crippen LogP contribution is -2.18. The average Bonchev–Trinajstić information content (AvgIpc) is 2.48. The molecule has 0 saturated carbocycles. The molecule has 0 aliphatic heterocycles. The molecule has 4 nitrogen and oxygen atoms in total. The molecule has 62 valence electrons. The molecule has 0 radical (unpaired) electrons. The van der Waals surface area contributed by atoms with Crippen molar-refractivity contribution in [2.24, 2.45) is 0 Å². The number of nitrogens with two attached hydrogens (primary N) is 1. The van der Waals surface area contributed by atoms with E-state index in [0.717, 1.165) is 0 Å². The predicted molar refractivity (Wildman–Crippen MR) is 48.5 cm³/mol. The largest absolute Gasteiger partial charge is 0.393 e. The Morgan fingerprint density at radius 3 is 3.17 bits per heavy atom. The summed E-state index contributed by atoms with van der Waals surface area (Å²) in [6.45, 7) is 1.73. The first kappa shape index (κ1) is 7.30. The summed E-state index contributed by atoms with van der Waals surface area (Å²) in [6, 6.07) is 0. The zero-order valence-electron chi connectivity index (χ0n) is 6.44. The fourth-order valence-corrected chi connectivity index (χ4v) is 1.75. The van der Waals surface area contributed by atoms with Crippen LogP contribution < -0.4 is 11.3 Å². The second-order valence-electron chi connectivity index (χ2n) is 2.47. The summed E-state index contributed by atoms with van der Waals surface area (Å²) >= 11 is 1.42. The summed E-state index contributed by atoms with van der Waals surface area (Å²) in [6.07, 6.45) is 1.67. The van der Waals surface area contributed by atoms with Crippen molar-refractivity contribution >= 4 is 22.0 Å². The Bertz CT molecular complexity index is 485. The van der Waals surface area contributed by atoms with Crippen molar-refractivity contribution in [2.45, 2.75) is 6.92 Å². The van der Waals surface area contributed by atoms with Gasteiger partial charge in [0, 0.05) is 11.6 Å². The van der Waals surface area contributed by atoms with Crippen molar-refractivity contribution < 1.29 is 0 Å². The van der Waals surface area contributed by atoms with Crippen LogP contribution >= 0.6 is 11.3 Å². The summed E-state index contributed by atoms with van der Waals surface area (Å²) < 4.78 is 1.45. The monoisotopic (exact) mass is 181 g/mol. The van der Waals surface area contributed by atoms with Crippen LogP contribution in [0.5, 0.6) is 0 Å². The van der Waals surface area contributed by atoms with Gasteiger partial charge in [-0.2, -0.15) is 0 Å². The van der Waals surface area contributed by atoms with Gasteiger partial charge in [0.1, 0.15) is 5.69 Å². The number of nitrogens with zero attached hydrogens (tertiary/aromatic N) is 2. The molecular weight excluding hydrogens is 174 g/mol. The van der Waals surface area contributed by atoms with Crippen LogP contribution in [0.15, 0.2) is 16.4 Å². The van der Waals surface area contributed by atoms with Crippen LogP contribution in [0.1, 0.15) is 5.69 Å². The topological polar surface area (TPSA) is 60.4 Å². The molecule has 0 atom stereocenters. The minimum Gasteiger partial charge on any atom is -0.393 e. The molecule has 2 rings (SSSR count). The van der Waals surface area contributed by atoms with E-state index in [9.17, 15) is 4.79 Å². The molecule has 0 unspecified atom stereocenters. The smallest absolute Gasteiger partial charge is 0.281 e. The van der Waals surface area contributed by atoms with Crippen molar-refractivity contribution in [1.29, 1.82) is 0 Å². The third-order valence-corrected chi connectivity index (χ3v) is 2.45. The first-order valence-corrected chi connectivity index (χ1v) is 4.30. The van der Waals surface area contributed by atoms with E-state index >= 15 is 0 Å². The first-order valence-electron chi connectivity index (χ1n) is 3.42. The highest BCUT2D eigenvalue weighted by Gasteiger charge is 2.05. The lowest BCUT2D eigenvalue weighted by molar-refractivity contribution is 1.05. The van der Waals surface area contributed by atoms with E-state index < -0.39 is 0 Å². The first-order chi connectivity index (χ1) is 5.70. The summed E-state index contributed by atoms with van der Waals surface area (Å²) in [5.41, 5.74) is 6.16. The predicted octanol–water partition coefficient (Wildman–Crippen LogP) is 0.647. The van der Waals surface area contributed by atoms with Gasteiger partial charge in [0.25, 0.3) is 5.56 Å². The molecule has 2 heterocycles. The van der Waals surface area contributed by atoms with Gasteiger partial charge >= 0.3 is 0 Å². The Hall–Kier alpha value is -1.36. The molecule has 0 aromatic carbocycles. The SMILES string of the molecule is Cc1nc2sccn2c(=O)c1N. The lowest BCUT2D eigenvalue weighted by Gasteiger charge is -1.97. The number of aryl methyl sites for hydroxylation is 1. The molecule has 0 bridgehead atoms. The number of rotatable bonds is 0. The van der Waals surface area contributed by atoms with Crippen LogP contribution in [0.3, 0.4) is 0 Å². The van der Waals surface area contributed by atoms with Crippen LogP contribution in [0.25, 0.3) is 4.96 Å². The van der Waals surface area contributed by atoms with Crippen LogP contribution in [0, 0.1) is 6.92 Å². The Morgan fingerprint density at radius 2 is 2.42 bits per heavy atom. The Balaban J connectivity index is 3.05. The quantitative estimate of drug-likeness (QED) is 0.649. The van der Waals surface area contributed by atoms with Crippen LogP contribution in [-0.4, -0.2) is 9.38 Å². The number of nitrogen functional groups attached to an aromatic ring is 1. The third kappa shape index (κ3) is 0.831. The van der Waals surface area contributed by atoms with Crippen LogP contribution in [-0.2, 0) is 0 Å². The Labute approximate surface area is 72.3 Å². The molecule has 0 amide bonds. The molecule has 5 heteroatoms. The number of hydrogen-bond acceptors (Lipinski definition) is 4. The maximum atomic E-state index is 11.4. The number of fused-ring (bicyclic) bond motifs is 1. The second-order valence-corrected chi connectivity index (χ2v) is 3.34. The van der Waals surface area contributed by atoms with Gasteiger partial charge in [-0.05, 0) is 6.92 Å². The van der Waals surface area contributed by atoms with E-state index in [1.54, 1.807) is 13.1 Å². The molecule has 2 N–H and O–H groups in total. The second kappa shape index (κ2) is 2.31. The summed E-state index contributed by atoms with van der Waals surface area (Å²) in [4.78, 5) is 16.3. The van der Waals surface area contributed by atoms with E-state index in [4.69, 9.17) is 5.73 Å². The zero-order chi connectivity index (χ0) is 8.72. The zero-order valence-corrected chi connectivity index (χ0v) is 7.26. The van der Waals surface area contributed by atoms with Crippen LogP contribution in [0.4, 0.5) is 5.69 Å². The number of anilines is 1. The number of hydrogen-bond donors (Lipinski definition) is 1. The van der Waals surface area contributed by atoms with Gasteiger partial charge in [-0.15, -0.1) is 11.3 Å². The fourth-order valence-electron chi connectivity index (χ4n) is 0.996. The molecule has 2 aromatic rings. The molecule has 2 aromatic heterocycles. The summed E-state index contributed by atoms with van der Waals surface area (Å²) in [5, 5.41) is 1.81. The summed E-state index contributed by atoms with van der Waals surface area (Å²) in [7, 11) is 0. The standard InChI is InChI=1S/C7H7N3OS/c1-4-5(8)6(11)10-2-3-12-7(10)9-4/h2-3H,8H2,1H3. The highest BCUT2D eigenvalue weighted by atomic mass is 32.1. The number of thiazole rings is 1. The van der Waals surface area contributed by atoms with Gasteiger partial charge < -0.3 is 5.73 Å².